The van der Waals surface area contributed by atoms with Gasteiger partial charge in [-0.2, -0.15) is 0 Å². The van der Waals surface area contributed by atoms with Gasteiger partial charge in [-0.25, -0.2) is 9.97 Å². The second-order valence-corrected chi connectivity index (χ2v) is 5.86. The lowest BCUT2D eigenvalue weighted by molar-refractivity contribution is 0.0938. The quantitative estimate of drug-likeness (QED) is 0.888. The van der Waals surface area contributed by atoms with E-state index in [9.17, 15) is 4.79 Å². The van der Waals surface area contributed by atoms with Crippen LogP contribution in [0.25, 0.3) is 0 Å². The van der Waals surface area contributed by atoms with Crippen molar-refractivity contribution in [2.45, 2.75) is 26.8 Å². The fourth-order valence-electron chi connectivity index (χ4n) is 1.72. The molecule has 6 heteroatoms. The van der Waals surface area contributed by atoms with Crippen molar-refractivity contribution in [3.05, 3.63) is 46.2 Å². The molecule has 0 spiro atoms. The van der Waals surface area contributed by atoms with E-state index in [0.717, 1.165) is 15.7 Å². The molecule has 0 bridgehead atoms. The predicted octanol–water partition coefficient (Wildman–Crippen LogP) is 3.43. The molecule has 0 saturated carbocycles. The van der Waals surface area contributed by atoms with Crippen LogP contribution in [0.4, 0.5) is 11.6 Å². The summed E-state index contributed by atoms with van der Waals surface area (Å²) in [5.74, 6) is 0.175. The monoisotopic (exact) mass is 348 g/mol. The van der Waals surface area contributed by atoms with Crippen LogP contribution in [0.5, 0.6) is 0 Å². The van der Waals surface area contributed by atoms with Crippen molar-refractivity contribution >= 4 is 33.5 Å². The zero-order valence-corrected chi connectivity index (χ0v) is 13.7. The molecule has 1 aromatic carbocycles. The number of carbonyl (C=O) groups is 1. The van der Waals surface area contributed by atoms with Gasteiger partial charge in [0.2, 0.25) is 5.95 Å². The Morgan fingerprint density at radius 1 is 1.29 bits per heavy atom. The summed E-state index contributed by atoms with van der Waals surface area (Å²) < 4.78 is 0.920. The Labute approximate surface area is 132 Å². The number of hydrogen-bond donors (Lipinski definition) is 2. The minimum atomic E-state index is -0.210. The Kier molecular flexibility index (Phi) is 4.90. The minimum Gasteiger partial charge on any atom is -0.349 e. The van der Waals surface area contributed by atoms with Gasteiger partial charge in [0.25, 0.3) is 5.91 Å². The van der Waals surface area contributed by atoms with E-state index in [1.54, 1.807) is 12.3 Å². The van der Waals surface area contributed by atoms with E-state index in [0.29, 0.717) is 11.6 Å². The summed E-state index contributed by atoms with van der Waals surface area (Å²) in [4.78, 5) is 20.3. The third-order valence-corrected chi connectivity index (χ3v) is 3.34. The highest BCUT2D eigenvalue weighted by atomic mass is 79.9. The second-order valence-electron chi connectivity index (χ2n) is 5.00. The zero-order valence-electron chi connectivity index (χ0n) is 12.1. The Bertz CT molecular complexity index is 658. The first-order chi connectivity index (χ1) is 9.95. The SMILES string of the molecule is Cc1ccc(Nc2nccc(C(=O)NC(C)C)n2)c(Br)c1. The number of aryl methyl sites for hydroxylation is 1. The maximum Gasteiger partial charge on any atom is 0.270 e. The highest BCUT2D eigenvalue weighted by Crippen LogP contribution is 2.25. The largest absolute Gasteiger partial charge is 0.349 e. The van der Waals surface area contributed by atoms with E-state index >= 15 is 0 Å². The summed E-state index contributed by atoms with van der Waals surface area (Å²) in [5.41, 5.74) is 2.34. The molecule has 0 fully saturated rings. The summed E-state index contributed by atoms with van der Waals surface area (Å²) >= 11 is 3.49. The minimum absolute atomic E-state index is 0.0649. The molecule has 0 aliphatic carbocycles. The topological polar surface area (TPSA) is 66.9 Å². The van der Waals surface area contributed by atoms with E-state index in [1.807, 2.05) is 39.0 Å². The molecule has 1 amide bonds. The molecule has 1 heterocycles. The number of amides is 1. The number of nitrogens with one attached hydrogen (secondary N) is 2. The second kappa shape index (κ2) is 6.67. The van der Waals surface area contributed by atoms with Gasteiger partial charge >= 0.3 is 0 Å². The molecule has 1 aromatic heterocycles. The maximum atomic E-state index is 11.9. The number of rotatable bonds is 4. The van der Waals surface area contributed by atoms with E-state index in [-0.39, 0.29) is 11.9 Å². The van der Waals surface area contributed by atoms with Gasteiger partial charge in [0.05, 0.1) is 5.69 Å². The van der Waals surface area contributed by atoms with Crippen LogP contribution in [0, 0.1) is 6.92 Å². The molecule has 2 N–H and O–H groups in total. The van der Waals surface area contributed by atoms with E-state index in [1.165, 1.54) is 0 Å². The zero-order chi connectivity index (χ0) is 15.4. The van der Waals surface area contributed by atoms with Gasteiger partial charge in [-0.1, -0.05) is 6.07 Å². The van der Waals surface area contributed by atoms with E-state index < -0.39 is 0 Å². The smallest absolute Gasteiger partial charge is 0.270 e. The van der Waals surface area contributed by atoms with Gasteiger partial charge in [-0.3, -0.25) is 4.79 Å². The van der Waals surface area contributed by atoms with Crippen LogP contribution < -0.4 is 10.6 Å². The average molecular weight is 349 g/mol. The van der Waals surface area contributed by atoms with Crippen LogP contribution in [-0.4, -0.2) is 21.9 Å². The number of halogens is 1. The fraction of sp³-hybridized carbons (Fsp3) is 0.267. The fourth-order valence-corrected chi connectivity index (χ4v) is 2.32. The number of nitrogens with zero attached hydrogens (tertiary/aromatic N) is 2. The third-order valence-electron chi connectivity index (χ3n) is 2.68. The van der Waals surface area contributed by atoms with Gasteiger partial charge in [0, 0.05) is 16.7 Å². The molecule has 2 aromatic rings. The molecule has 0 radical (unpaired) electrons. The lowest BCUT2D eigenvalue weighted by Gasteiger charge is -2.10. The molecule has 0 saturated heterocycles. The first-order valence-electron chi connectivity index (χ1n) is 6.63. The van der Waals surface area contributed by atoms with Crippen molar-refractivity contribution < 1.29 is 4.79 Å². The highest BCUT2D eigenvalue weighted by molar-refractivity contribution is 9.10. The summed E-state index contributed by atoms with van der Waals surface area (Å²) in [6, 6.07) is 7.58. The van der Waals surface area contributed by atoms with Crippen LogP contribution in [-0.2, 0) is 0 Å². The van der Waals surface area contributed by atoms with E-state index in [2.05, 4.69) is 36.5 Å². The third kappa shape index (κ3) is 4.26. The first kappa shape index (κ1) is 15.4. The Morgan fingerprint density at radius 2 is 2.05 bits per heavy atom. The van der Waals surface area contributed by atoms with Crippen molar-refractivity contribution in [1.29, 1.82) is 0 Å². The van der Waals surface area contributed by atoms with Crippen LogP contribution >= 0.6 is 15.9 Å². The summed E-state index contributed by atoms with van der Waals surface area (Å²) in [6.45, 7) is 5.82. The number of carbonyl (C=O) groups excluding carboxylic acids is 1. The van der Waals surface area contributed by atoms with Crippen molar-refractivity contribution in [2.24, 2.45) is 0 Å². The summed E-state index contributed by atoms with van der Waals surface area (Å²) in [7, 11) is 0. The van der Waals surface area contributed by atoms with Crippen molar-refractivity contribution in [1.82, 2.24) is 15.3 Å². The Morgan fingerprint density at radius 3 is 2.71 bits per heavy atom. The first-order valence-corrected chi connectivity index (χ1v) is 7.42. The number of aromatic nitrogens is 2. The molecule has 0 unspecified atom stereocenters. The van der Waals surface area contributed by atoms with Crippen LogP contribution in [0.15, 0.2) is 34.9 Å². The molecule has 0 aliphatic rings. The normalized spacial score (nSPS) is 10.5. The molecule has 21 heavy (non-hydrogen) atoms. The van der Waals surface area contributed by atoms with E-state index in [4.69, 9.17) is 0 Å². The van der Waals surface area contributed by atoms with Crippen molar-refractivity contribution in [2.75, 3.05) is 5.32 Å². The van der Waals surface area contributed by atoms with Crippen LogP contribution in [0.3, 0.4) is 0 Å². The molecule has 0 atom stereocenters. The standard InChI is InChI=1S/C15H17BrN4O/c1-9(2)18-14(21)13-6-7-17-15(20-13)19-12-5-4-10(3)8-11(12)16/h4-9H,1-3H3,(H,18,21)(H,17,19,20). The Hall–Kier alpha value is -1.95. The van der Waals surface area contributed by atoms with Crippen LogP contribution in [0.1, 0.15) is 29.9 Å². The number of hydrogen-bond acceptors (Lipinski definition) is 4. The number of anilines is 2. The summed E-state index contributed by atoms with van der Waals surface area (Å²) in [5, 5.41) is 5.90. The molecule has 110 valence electrons. The Balaban J connectivity index is 2.19. The van der Waals surface area contributed by atoms with Gasteiger partial charge < -0.3 is 10.6 Å². The van der Waals surface area contributed by atoms with Crippen molar-refractivity contribution in [3.8, 4) is 0 Å². The van der Waals surface area contributed by atoms with Crippen LogP contribution in [0.2, 0.25) is 0 Å². The predicted molar refractivity (Wildman–Crippen MR) is 86.8 cm³/mol. The van der Waals surface area contributed by atoms with Gasteiger partial charge in [-0.15, -0.1) is 0 Å². The lowest BCUT2D eigenvalue weighted by atomic mass is 10.2. The van der Waals surface area contributed by atoms with Gasteiger partial charge in [0.15, 0.2) is 0 Å². The van der Waals surface area contributed by atoms with Gasteiger partial charge in [0.1, 0.15) is 5.69 Å². The lowest BCUT2D eigenvalue weighted by Crippen LogP contribution is -2.30. The molecule has 0 aliphatic heterocycles. The molecule has 2 rings (SSSR count). The maximum absolute atomic E-state index is 11.9. The summed E-state index contributed by atoms with van der Waals surface area (Å²) in [6.07, 6.45) is 1.56. The molecular formula is C15H17BrN4O. The highest BCUT2D eigenvalue weighted by Gasteiger charge is 2.10. The van der Waals surface area contributed by atoms with Gasteiger partial charge in [-0.05, 0) is 60.5 Å². The average Bonchev–Trinajstić information content (AvgIpc) is 2.41. The molecule has 5 nitrogen and oxygen atoms in total. The van der Waals surface area contributed by atoms with Crippen molar-refractivity contribution in [3.63, 3.8) is 0 Å². The number of benzene rings is 1. The molecular weight excluding hydrogens is 332 g/mol.